The molecule has 0 fully saturated rings. The van der Waals surface area contributed by atoms with Crippen molar-refractivity contribution in [2.45, 2.75) is 26.2 Å². The number of aromatic carboxylic acids is 1. The quantitative estimate of drug-likeness (QED) is 0.501. The second-order valence-corrected chi connectivity index (χ2v) is 7.69. The minimum absolute atomic E-state index is 0.0909. The monoisotopic (exact) mass is 433 g/mol. The van der Waals surface area contributed by atoms with Crippen LogP contribution >= 0.6 is 11.3 Å². The number of rotatable bonds is 8. The Morgan fingerprint density at radius 1 is 1.27 bits per heavy atom. The van der Waals surface area contributed by atoms with Crippen molar-refractivity contribution in [2.24, 2.45) is 5.73 Å². The number of fused-ring (bicyclic) bond motifs is 1. The molecule has 1 aliphatic heterocycles. The van der Waals surface area contributed by atoms with E-state index in [1.165, 1.54) is 0 Å². The summed E-state index contributed by atoms with van der Waals surface area (Å²) in [6, 6.07) is 5.27. The lowest BCUT2D eigenvalue weighted by molar-refractivity contribution is -0.117. The van der Waals surface area contributed by atoms with Gasteiger partial charge in [-0.2, -0.15) is 0 Å². The van der Waals surface area contributed by atoms with Crippen molar-refractivity contribution in [3.05, 3.63) is 39.8 Å². The van der Waals surface area contributed by atoms with E-state index >= 15 is 0 Å². The fraction of sp³-hybridized carbons (Fsp3) is 0.350. The predicted octanol–water partition coefficient (Wildman–Crippen LogP) is 2.30. The Morgan fingerprint density at radius 2 is 2.00 bits per heavy atom. The molecule has 3 rings (SSSR count). The van der Waals surface area contributed by atoms with E-state index in [0.29, 0.717) is 23.5 Å². The normalized spacial score (nSPS) is 13.0. The van der Waals surface area contributed by atoms with Gasteiger partial charge in [0.1, 0.15) is 5.00 Å². The zero-order valence-corrected chi connectivity index (χ0v) is 17.4. The van der Waals surface area contributed by atoms with Gasteiger partial charge in [0.2, 0.25) is 12.7 Å². The molecule has 1 unspecified atom stereocenters. The van der Waals surface area contributed by atoms with Crippen LogP contribution in [0.3, 0.4) is 0 Å². The molecular weight excluding hydrogens is 410 g/mol. The summed E-state index contributed by atoms with van der Waals surface area (Å²) in [6.07, 6.45) is 0.488. The molecule has 1 aliphatic rings. The summed E-state index contributed by atoms with van der Waals surface area (Å²) in [7, 11) is 0. The molecule has 0 saturated carbocycles. The van der Waals surface area contributed by atoms with Crippen molar-refractivity contribution in [2.75, 3.05) is 25.2 Å². The van der Waals surface area contributed by atoms with Gasteiger partial charge in [0, 0.05) is 13.1 Å². The van der Waals surface area contributed by atoms with Crippen LogP contribution in [0.25, 0.3) is 0 Å². The minimum Gasteiger partial charge on any atom is -0.478 e. The van der Waals surface area contributed by atoms with Gasteiger partial charge in [0.25, 0.3) is 5.91 Å². The van der Waals surface area contributed by atoms with Crippen molar-refractivity contribution < 1.29 is 29.0 Å². The van der Waals surface area contributed by atoms with Crippen LogP contribution in [0.15, 0.2) is 18.2 Å². The molecular formula is C20H23N3O6S. The first-order valence-corrected chi connectivity index (χ1v) is 10.2. The maximum atomic E-state index is 13.0. The highest BCUT2D eigenvalue weighted by atomic mass is 32.1. The lowest BCUT2D eigenvalue weighted by atomic mass is 9.95. The Kier molecular flexibility index (Phi) is 6.58. The number of carbonyl (C=O) groups is 3. The number of nitrogens with one attached hydrogen (secondary N) is 2. The van der Waals surface area contributed by atoms with Crippen LogP contribution in [0.2, 0.25) is 0 Å². The lowest BCUT2D eigenvalue weighted by Crippen LogP contribution is -2.28. The summed E-state index contributed by atoms with van der Waals surface area (Å²) in [5.74, 6) is -1.35. The fourth-order valence-electron chi connectivity index (χ4n) is 3.24. The Hall–Kier alpha value is -3.11. The third kappa shape index (κ3) is 4.24. The number of hydrogen-bond acceptors (Lipinski definition) is 7. The van der Waals surface area contributed by atoms with Crippen LogP contribution in [-0.2, 0) is 4.79 Å². The van der Waals surface area contributed by atoms with Crippen molar-refractivity contribution in [3.63, 3.8) is 0 Å². The van der Waals surface area contributed by atoms with Crippen LogP contribution in [0.1, 0.15) is 50.4 Å². The van der Waals surface area contributed by atoms with Gasteiger partial charge in [-0.3, -0.25) is 9.59 Å². The van der Waals surface area contributed by atoms with Crippen molar-refractivity contribution in [1.29, 1.82) is 0 Å². The zero-order chi connectivity index (χ0) is 21.8. The molecule has 0 saturated heterocycles. The molecule has 9 nitrogen and oxygen atoms in total. The number of nitrogens with two attached hydrogens (primary N) is 1. The SMILES string of the molecule is CCC(C(=O)Nc1sc(C(=O)NCCN)c(C)c1C(=O)O)c1ccc2c(c1)OCO2. The first kappa shape index (κ1) is 21.6. The van der Waals surface area contributed by atoms with E-state index in [4.69, 9.17) is 15.2 Å². The topological polar surface area (TPSA) is 140 Å². The molecule has 2 amide bonds. The number of amides is 2. The molecule has 0 aliphatic carbocycles. The number of benzene rings is 1. The molecule has 1 aromatic carbocycles. The lowest BCUT2D eigenvalue weighted by Gasteiger charge is -2.15. The van der Waals surface area contributed by atoms with E-state index < -0.39 is 17.8 Å². The standard InChI is InChI=1S/C20H23N3O6S/c1-3-12(11-4-5-13-14(8-11)29-9-28-13)17(24)23-19-15(20(26)27)10(2)16(30-19)18(25)22-7-6-21/h4-5,8,12H,3,6-7,9,21H2,1-2H3,(H,22,25)(H,23,24)(H,26,27). The number of thiophene rings is 1. The highest BCUT2D eigenvalue weighted by Crippen LogP contribution is 2.37. The van der Waals surface area contributed by atoms with E-state index in [2.05, 4.69) is 10.6 Å². The van der Waals surface area contributed by atoms with Crippen molar-refractivity contribution >= 4 is 34.1 Å². The summed E-state index contributed by atoms with van der Waals surface area (Å²) in [6.45, 7) is 4.06. The first-order chi connectivity index (χ1) is 14.4. The Balaban J connectivity index is 1.87. The van der Waals surface area contributed by atoms with Gasteiger partial charge < -0.3 is 30.9 Å². The molecule has 2 heterocycles. The number of anilines is 1. The molecule has 0 radical (unpaired) electrons. The third-order valence-electron chi connectivity index (χ3n) is 4.76. The highest BCUT2D eigenvalue weighted by molar-refractivity contribution is 7.18. The van der Waals surface area contributed by atoms with E-state index in [0.717, 1.165) is 16.9 Å². The van der Waals surface area contributed by atoms with Gasteiger partial charge in [0.05, 0.1) is 16.4 Å². The summed E-state index contributed by atoms with van der Waals surface area (Å²) >= 11 is 0.934. The second kappa shape index (κ2) is 9.14. The maximum Gasteiger partial charge on any atom is 0.339 e. The number of ether oxygens (including phenoxy) is 2. The van der Waals surface area contributed by atoms with Gasteiger partial charge in [0.15, 0.2) is 11.5 Å². The summed E-state index contributed by atoms with van der Waals surface area (Å²) in [5, 5.41) is 15.1. The van der Waals surface area contributed by atoms with Crippen LogP contribution in [-0.4, -0.2) is 42.8 Å². The van der Waals surface area contributed by atoms with Crippen LogP contribution < -0.4 is 25.8 Å². The molecule has 30 heavy (non-hydrogen) atoms. The molecule has 2 aromatic rings. The Morgan fingerprint density at radius 3 is 2.67 bits per heavy atom. The maximum absolute atomic E-state index is 13.0. The number of hydrogen-bond donors (Lipinski definition) is 4. The second-order valence-electron chi connectivity index (χ2n) is 6.67. The largest absolute Gasteiger partial charge is 0.478 e. The summed E-state index contributed by atoms with van der Waals surface area (Å²) in [5.41, 5.74) is 6.34. The van der Waals surface area contributed by atoms with Gasteiger partial charge in [-0.25, -0.2) is 4.79 Å². The predicted molar refractivity (Wildman–Crippen MR) is 112 cm³/mol. The van der Waals surface area contributed by atoms with Gasteiger partial charge in [-0.1, -0.05) is 13.0 Å². The Labute approximate surface area is 177 Å². The molecule has 1 aromatic heterocycles. The van der Waals surface area contributed by atoms with E-state index in [1.54, 1.807) is 25.1 Å². The first-order valence-electron chi connectivity index (χ1n) is 9.42. The van der Waals surface area contributed by atoms with Crippen LogP contribution in [0.4, 0.5) is 5.00 Å². The van der Waals surface area contributed by atoms with Gasteiger partial charge in [-0.15, -0.1) is 11.3 Å². The number of carboxylic acids is 1. The molecule has 0 bridgehead atoms. The van der Waals surface area contributed by atoms with E-state index in [-0.39, 0.29) is 41.2 Å². The van der Waals surface area contributed by atoms with Gasteiger partial charge in [-0.05, 0) is 36.6 Å². The summed E-state index contributed by atoms with van der Waals surface area (Å²) in [4.78, 5) is 37.3. The van der Waals surface area contributed by atoms with Crippen molar-refractivity contribution in [1.82, 2.24) is 5.32 Å². The molecule has 10 heteroatoms. The van der Waals surface area contributed by atoms with E-state index in [9.17, 15) is 19.5 Å². The molecule has 0 spiro atoms. The van der Waals surface area contributed by atoms with Gasteiger partial charge >= 0.3 is 5.97 Å². The van der Waals surface area contributed by atoms with E-state index in [1.807, 2.05) is 6.92 Å². The average molecular weight is 433 g/mol. The fourth-order valence-corrected chi connectivity index (χ4v) is 4.36. The van der Waals surface area contributed by atoms with Crippen molar-refractivity contribution in [3.8, 4) is 11.5 Å². The zero-order valence-electron chi connectivity index (χ0n) is 16.6. The van der Waals surface area contributed by atoms with Crippen LogP contribution in [0.5, 0.6) is 11.5 Å². The molecule has 1 atom stereocenters. The smallest absolute Gasteiger partial charge is 0.339 e. The third-order valence-corrected chi connectivity index (χ3v) is 5.96. The Bertz CT molecular complexity index is 987. The minimum atomic E-state index is -1.21. The highest BCUT2D eigenvalue weighted by Gasteiger charge is 2.28. The summed E-state index contributed by atoms with van der Waals surface area (Å²) < 4.78 is 10.7. The number of carbonyl (C=O) groups excluding carboxylic acids is 2. The molecule has 5 N–H and O–H groups in total. The van der Waals surface area contributed by atoms with Crippen LogP contribution in [0, 0.1) is 6.92 Å². The number of carboxylic acid groups (broad SMARTS) is 1. The molecule has 160 valence electrons. The average Bonchev–Trinajstić information content (AvgIpc) is 3.30.